The summed E-state index contributed by atoms with van der Waals surface area (Å²) in [6.07, 6.45) is 0. The van der Waals surface area contributed by atoms with Crippen LogP contribution >= 0.6 is 42.6 Å². The molecule has 0 bridgehead atoms. The Labute approximate surface area is 117 Å². The number of hydrogen-bond acceptors (Lipinski definition) is 4. The van der Waals surface area contributed by atoms with Crippen molar-refractivity contribution in [3.63, 3.8) is 0 Å². The van der Waals surface area contributed by atoms with Gasteiger partial charge in [-0.15, -0.1) is 0 Å². The van der Waals surface area contributed by atoms with Crippen molar-refractivity contribution in [2.24, 2.45) is 0 Å². The first-order chi connectivity index (χ1) is 7.12. The second-order valence-electron chi connectivity index (χ2n) is 4.81. The molecule has 0 rings (SSSR count). The molecule has 0 unspecified atom stereocenters. The van der Waals surface area contributed by atoms with Gasteiger partial charge in [-0.05, 0) is 41.5 Å². The molecule has 104 valence electrons. The standard InChI is InChI=1S/C9H18Cl3O4P/c1-7(2,10)14-17(13,15-8(3,4)11)16-9(5,6)12/h1-6H3. The zero-order chi connectivity index (χ0) is 14.1. The van der Waals surface area contributed by atoms with Gasteiger partial charge in [-0.1, -0.05) is 34.8 Å². The zero-order valence-corrected chi connectivity index (χ0v) is 13.9. The normalized spacial score (nSPS) is 15.1. The van der Waals surface area contributed by atoms with Crippen LogP contribution in [0.5, 0.6) is 0 Å². The zero-order valence-electron chi connectivity index (χ0n) is 10.7. The maximum atomic E-state index is 12.3. The molecular formula is C9H18Cl3O4P. The van der Waals surface area contributed by atoms with E-state index in [-0.39, 0.29) is 0 Å². The van der Waals surface area contributed by atoms with Crippen molar-refractivity contribution in [2.75, 3.05) is 0 Å². The average molecular weight is 328 g/mol. The molecule has 0 spiro atoms. The van der Waals surface area contributed by atoms with E-state index in [0.717, 1.165) is 0 Å². The summed E-state index contributed by atoms with van der Waals surface area (Å²) in [5, 5.41) is -3.71. The van der Waals surface area contributed by atoms with Gasteiger partial charge in [0.2, 0.25) is 0 Å². The summed E-state index contributed by atoms with van der Waals surface area (Å²) in [6.45, 7) is 8.98. The van der Waals surface area contributed by atoms with Crippen LogP contribution in [0.3, 0.4) is 0 Å². The molecule has 0 atom stereocenters. The number of phosphoric ester groups is 1. The smallest absolute Gasteiger partial charge is 0.264 e. The van der Waals surface area contributed by atoms with Gasteiger partial charge in [-0.3, -0.25) is 13.6 Å². The molecule has 0 aromatic heterocycles. The molecule has 0 radical (unpaired) electrons. The van der Waals surface area contributed by atoms with Crippen molar-refractivity contribution < 1.29 is 18.1 Å². The molecule has 8 heteroatoms. The lowest BCUT2D eigenvalue weighted by Crippen LogP contribution is -2.25. The first kappa shape index (κ1) is 18.0. The van der Waals surface area contributed by atoms with Crippen molar-refractivity contribution in [2.45, 2.75) is 56.7 Å². The van der Waals surface area contributed by atoms with E-state index in [1.807, 2.05) is 0 Å². The van der Waals surface area contributed by atoms with Crippen LogP contribution in [-0.4, -0.2) is 15.2 Å². The van der Waals surface area contributed by atoms with Crippen molar-refractivity contribution in [3.8, 4) is 0 Å². The third kappa shape index (κ3) is 10.6. The lowest BCUT2D eigenvalue weighted by atomic mass is 10.5. The molecule has 0 heterocycles. The number of rotatable bonds is 6. The Morgan fingerprint density at radius 1 is 0.706 bits per heavy atom. The Hall–Kier alpha value is 0.980. The average Bonchev–Trinajstić information content (AvgIpc) is 1.65. The molecule has 0 N–H and O–H groups in total. The van der Waals surface area contributed by atoms with E-state index in [1.54, 1.807) is 0 Å². The lowest BCUT2D eigenvalue weighted by Gasteiger charge is -2.31. The van der Waals surface area contributed by atoms with Crippen LogP contribution in [-0.2, 0) is 18.1 Å². The molecule has 0 amide bonds. The summed E-state index contributed by atoms with van der Waals surface area (Å²) in [7, 11) is -3.98. The number of phosphoric acid groups is 1. The molecule has 0 aromatic rings. The number of halogens is 3. The van der Waals surface area contributed by atoms with Crippen LogP contribution in [0.2, 0.25) is 0 Å². The van der Waals surface area contributed by atoms with Gasteiger partial charge >= 0.3 is 7.82 Å². The summed E-state index contributed by atoms with van der Waals surface area (Å²) in [4.78, 5) is 0. The fourth-order valence-electron chi connectivity index (χ4n) is 0.853. The Bertz CT molecular complexity index is 253. The van der Waals surface area contributed by atoms with Gasteiger partial charge in [0.05, 0.1) is 0 Å². The molecule has 4 nitrogen and oxygen atoms in total. The highest BCUT2D eigenvalue weighted by Crippen LogP contribution is 2.59. The molecule has 0 saturated heterocycles. The van der Waals surface area contributed by atoms with E-state index in [1.165, 1.54) is 41.5 Å². The summed E-state index contributed by atoms with van der Waals surface area (Å²) < 4.78 is 27.6. The second kappa shape index (κ2) is 5.54. The topological polar surface area (TPSA) is 44.8 Å². The fraction of sp³-hybridized carbons (Fsp3) is 1.00. The third-order valence-electron chi connectivity index (χ3n) is 0.987. The van der Waals surface area contributed by atoms with Crippen LogP contribution in [0.15, 0.2) is 0 Å². The van der Waals surface area contributed by atoms with E-state index in [9.17, 15) is 4.57 Å². The molecule has 0 aliphatic carbocycles. The van der Waals surface area contributed by atoms with Crippen molar-refractivity contribution in [1.82, 2.24) is 0 Å². The van der Waals surface area contributed by atoms with E-state index in [2.05, 4.69) is 0 Å². The minimum absolute atomic E-state index is 1.24. The highest BCUT2D eigenvalue weighted by atomic mass is 35.5. The molecule has 0 fully saturated rings. The SMILES string of the molecule is CC(C)(Cl)OP(=O)(OC(C)(C)Cl)OC(C)(C)Cl. The van der Waals surface area contributed by atoms with Gasteiger partial charge in [-0.2, -0.15) is 0 Å². The number of hydrogen-bond donors (Lipinski definition) is 0. The third-order valence-corrected chi connectivity index (χ3v) is 3.58. The van der Waals surface area contributed by atoms with Crippen LogP contribution in [0, 0.1) is 0 Å². The van der Waals surface area contributed by atoms with E-state index in [0.29, 0.717) is 0 Å². The van der Waals surface area contributed by atoms with E-state index < -0.39 is 23.0 Å². The predicted molar refractivity (Wildman–Crippen MR) is 70.7 cm³/mol. The molecule has 17 heavy (non-hydrogen) atoms. The van der Waals surface area contributed by atoms with Crippen molar-refractivity contribution in [1.29, 1.82) is 0 Å². The first-order valence-electron chi connectivity index (χ1n) is 4.91. The fourth-order valence-corrected chi connectivity index (χ4v) is 3.32. The van der Waals surface area contributed by atoms with Crippen LogP contribution in [0.1, 0.15) is 41.5 Å². The van der Waals surface area contributed by atoms with Gasteiger partial charge in [0.1, 0.15) is 15.2 Å². The monoisotopic (exact) mass is 326 g/mol. The summed E-state index contributed by atoms with van der Waals surface area (Å²) >= 11 is 17.5. The molecular weight excluding hydrogens is 309 g/mol. The summed E-state index contributed by atoms with van der Waals surface area (Å²) in [5.74, 6) is 0. The maximum Gasteiger partial charge on any atom is 0.479 e. The summed E-state index contributed by atoms with van der Waals surface area (Å²) in [5.41, 5.74) is 0. The van der Waals surface area contributed by atoms with E-state index >= 15 is 0 Å². The van der Waals surface area contributed by atoms with Crippen LogP contribution in [0.25, 0.3) is 0 Å². The van der Waals surface area contributed by atoms with Crippen molar-refractivity contribution in [3.05, 3.63) is 0 Å². The van der Waals surface area contributed by atoms with Gasteiger partial charge in [0.25, 0.3) is 0 Å². The Kier molecular flexibility index (Phi) is 5.86. The minimum atomic E-state index is -3.98. The van der Waals surface area contributed by atoms with Gasteiger partial charge in [0.15, 0.2) is 0 Å². The van der Waals surface area contributed by atoms with Gasteiger partial charge < -0.3 is 0 Å². The molecule has 0 saturated carbocycles. The van der Waals surface area contributed by atoms with Crippen molar-refractivity contribution >= 4 is 42.6 Å². The largest absolute Gasteiger partial charge is 0.479 e. The Balaban J connectivity index is 5.03. The Morgan fingerprint density at radius 2 is 0.882 bits per heavy atom. The minimum Gasteiger partial charge on any atom is -0.264 e. The quantitative estimate of drug-likeness (QED) is 0.505. The van der Waals surface area contributed by atoms with Gasteiger partial charge in [0, 0.05) is 0 Å². The second-order valence-corrected chi connectivity index (χ2v) is 8.98. The first-order valence-corrected chi connectivity index (χ1v) is 7.50. The molecule has 0 aliphatic heterocycles. The predicted octanol–water partition coefficient (Wildman–Crippen LogP) is 5.07. The van der Waals surface area contributed by atoms with Gasteiger partial charge in [-0.25, -0.2) is 4.57 Å². The van der Waals surface area contributed by atoms with Crippen LogP contribution < -0.4 is 0 Å². The highest BCUT2D eigenvalue weighted by Gasteiger charge is 2.42. The highest BCUT2D eigenvalue weighted by molar-refractivity contribution is 7.48. The molecule has 0 aliphatic rings. The maximum absolute atomic E-state index is 12.3. The van der Waals surface area contributed by atoms with Crippen LogP contribution in [0.4, 0.5) is 0 Å². The molecule has 0 aromatic carbocycles. The Morgan fingerprint density at radius 3 is 1.00 bits per heavy atom. The summed E-state index contributed by atoms with van der Waals surface area (Å²) in [6, 6.07) is 0. The number of alkyl halides is 3. The van der Waals surface area contributed by atoms with E-state index in [4.69, 9.17) is 48.4 Å². The lowest BCUT2D eigenvalue weighted by molar-refractivity contribution is 0.0230.